The molecule has 1 aromatic rings. The number of ether oxygens (including phenoxy) is 2. The summed E-state index contributed by atoms with van der Waals surface area (Å²) in [6.45, 7) is 1.63. The van der Waals surface area contributed by atoms with Crippen LogP contribution in [0.3, 0.4) is 0 Å². The predicted octanol–water partition coefficient (Wildman–Crippen LogP) is 1.78. The van der Waals surface area contributed by atoms with Crippen molar-refractivity contribution >= 4 is 12.0 Å². The lowest BCUT2D eigenvalue weighted by molar-refractivity contribution is -0.139. The molecule has 1 aromatic carbocycles. The van der Waals surface area contributed by atoms with Crippen molar-refractivity contribution in [1.82, 2.24) is 10.6 Å². The summed E-state index contributed by atoms with van der Waals surface area (Å²) in [6, 6.07) is 7.92. The number of hydrogen-bond donors (Lipinski definition) is 2. The molecule has 0 spiro atoms. The van der Waals surface area contributed by atoms with E-state index in [1.54, 1.807) is 31.2 Å². The lowest BCUT2D eigenvalue weighted by atomic mass is 9.95. The van der Waals surface area contributed by atoms with E-state index in [4.69, 9.17) is 14.7 Å². The first kappa shape index (κ1) is 16.4. The average Bonchev–Trinajstić information content (AvgIpc) is 2.54. The zero-order valence-electron chi connectivity index (χ0n) is 12.9. The number of para-hydroxylation sites is 1. The van der Waals surface area contributed by atoms with Gasteiger partial charge in [-0.2, -0.15) is 5.26 Å². The first-order valence-corrected chi connectivity index (χ1v) is 7.03. The highest BCUT2D eigenvalue weighted by atomic mass is 16.5. The Bertz CT molecular complexity index is 691. The Hall–Kier alpha value is -3.01. The molecule has 1 atom stereocenters. The molecule has 23 heavy (non-hydrogen) atoms. The van der Waals surface area contributed by atoms with Crippen LogP contribution in [0, 0.1) is 11.3 Å². The van der Waals surface area contributed by atoms with E-state index in [1.807, 2.05) is 6.07 Å². The van der Waals surface area contributed by atoms with E-state index in [-0.39, 0.29) is 18.6 Å². The predicted molar refractivity (Wildman–Crippen MR) is 81.3 cm³/mol. The minimum Gasteiger partial charge on any atom is -0.496 e. The van der Waals surface area contributed by atoms with Crippen LogP contribution in [0.2, 0.25) is 0 Å². The molecule has 1 aliphatic rings. The van der Waals surface area contributed by atoms with Crippen LogP contribution in [0.25, 0.3) is 0 Å². The average molecular weight is 315 g/mol. The zero-order chi connectivity index (χ0) is 16.8. The van der Waals surface area contributed by atoms with Crippen LogP contribution in [-0.4, -0.2) is 25.7 Å². The molecule has 1 heterocycles. The number of rotatable bonds is 5. The molecule has 0 bridgehead atoms. The number of amides is 2. The number of methoxy groups -OCH3 is 1. The SMILES string of the molecule is COc1ccccc1C1NC(=O)NC(C)=C1C(=O)OCCC#N. The zero-order valence-corrected chi connectivity index (χ0v) is 12.9. The Morgan fingerprint density at radius 3 is 2.83 bits per heavy atom. The molecule has 0 aromatic heterocycles. The number of nitrogens with one attached hydrogen (secondary N) is 2. The lowest BCUT2D eigenvalue weighted by Gasteiger charge is -2.28. The molecule has 0 aliphatic carbocycles. The maximum absolute atomic E-state index is 12.4. The van der Waals surface area contributed by atoms with E-state index in [0.717, 1.165) is 0 Å². The van der Waals surface area contributed by atoms with E-state index < -0.39 is 18.0 Å². The number of nitriles is 1. The van der Waals surface area contributed by atoms with Gasteiger partial charge in [-0.15, -0.1) is 0 Å². The smallest absolute Gasteiger partial charge is 0.338 e. The maximum Gasteiger partial charge on any atom is 0.338 e. The molecule has 0 saturated carbocycles. The summed E-state index contributed by atoms with van der Waals surface area (Å²) in [5.74, 6) is -0.0315. The van der Waals surface area contributed by atoms with Gasteiger partial charge in [0.25, 0.3) is 0 Å². The van der Waals surface area contributed by atoms with Gasteiger partial charge in [0.15, 0.2) is 0 Å². The number of hydrogen-bond acceptors (Lipinski definition) is 5. The first-order chi connectivity index (χ1) is 11.1. The van der Waals surface area contributed by atoms with Crippen molar-refractivity contribution in [3.63, 3.8) is 0 Å². The van der Waals surface area contributed by atoms with Gasteiger partial charge in [0.2, 0.25) is 0 Å². The molecular formula is C16H17N3O4. The second-order valence-corrected chi connectivity index (χ2v) is 4.86. The molecule has 0 radical (unpaired) electrons. The minimum atomic E-state index is -0.686. The summed E-state index contributed by atoms with van der Waals surface area (Å²) in [7, 11) is 1.52. The Morgan fingerprint density at radius 1 is 1.39 bits per heavy atom. The second kappa shape index (κ2) is 7.31. The summed E-state index contributed by atoms with van der Waals surface area (Å²) in [4.78, 5) is 24.1. The van der Waals surface area contributed by atoms with Gasteiger partial charge in [0.1, 0.15) is 12.4 Å². The summed E-state index contributed by atoms with van der Waals surface area (Å²) in [5.41, 5.74) is 1.34. The number of benzene rings is 1. The highest BCUT2D eigenvalue weighted by Crippen LogP contribution is 2.33. The molecule has 2 amide bonds. The van der Waals surface area contributed by atoms with Crippen molar-refractivity contribution in [1.29, 1.82) is 5.26 Å². The highest BCUT2D eigenvalue weighted by Gasteiger charge is 2.33. The number of esters is 1. The Labute approximate surface area is 133 Å². The van der Waals surface area contributed by atoms with Crippen molar-refractivity contribution in [3.8, 4) is 11.8 Å². The standard InChI is InChI=1S/C16H17N3O4/c1-10-13(15(20)23-9-5-8-17)14(19-16(21)18-10)11-6-3-4-7-12(11)22-2/h3-4,6-7,14H,5,9H2,1-2H3,(H2,18,19,21). The van der Waals surface area contributed by atoms with Crippen LogP contribution in [0.5, 0.6) is 5.75 Å². The Balaban J connectivity index is 2.38. The van der Waals surface area contributed by atoms with E-state index in [0.29, 0.717) is 17.0 Å². The van der Waals surface area contributed by atoms with Gasteiger partial charge in [-0.3, -0.25) is 0 Å². The van der Waals surface area contributed by atoms with Crippen LogP contribution in [-0.2, 0) is 9.53 Å². The summed E-state index contributed by atoms with van der Waals surface area (Å²) in [6.07, 6.45) is 0.108. The van der Waals surface area contributed by atoms with Crippen molar-refractivity contribution in [2.75, 3.05) is 13.7 Å². The van der Waals surface area contributed by atoms with Crippen molar-refractivity contribution in [2.24, 2.45) is 0 Å². The fraction of sp³-hybridized carbons (Fsp3) is 0.312. The molecule has 7 heteroatoms. The van der Waals surface area contributed by atoms with Crippen LogP contribution in [0.4, 0.5) is 4.79 Å². The third-order valence-electron chi connectivity index (χ3n) is 3.39. The van der Waals surface area contributed by atoms with Crippen LogP contribution >= 0.6 is 0 Å². The molecular weight excluding hydrogens is 298 g/mol. The van der Waals surface area contributed by atoms with Gasteiger partial charge in [-0.05, 0) is 13.0 Å². The van der Waals surface area contributed by atoms with Gasteiger partial charge >= 0.3 is 12.0 Å². The maximum atomic E-state index is 12.4. The molecule has 7 nitrogen and oxygen atoms in total. The number of nitrogens with zero attached hydrogens (tertiary/aromatic N) is 1. The second-order valence-electron chi connectivity index (χ2n) is 4.86. The van der Waals surface area contributed by atoms with Crippen LogP contribution in [0.15, 0.2) is 35.5 Å². The molecule has 0 saturated heterocycles. The molecule has 2 N–H and O–H groups in total. The molecule has 1 aliphatic heterocycles. The topological polar surface area (TPSA) is 100 Å². The van der Waals surface area contributed by atoms with Gasteiger partial charge in [-0.25, -0.2) is 9.59 Å². The molecule has 1 unspecified atom stereocenters. The third kappa shape index (κ3) is 3.61. The normalized spacial score (nSPS) is 16.9. The fourth-order valence-corrected chi connectivity index (χ4v) is 2.37. The minimum absolute atomic E-state index is 0.00129. The molecule has 2 rings (SSSR count). The fourth-order valence-electron chi connectivity index (χ4n) is 2.37. The van der Waals surface area contributed by atoms with Crippen molar-refractivity contribution in [2.45, 2.75) is 19.4 Å². The van der Waals surface area contributed by atoms with Crippen molar-refractivity contribution < 1.29 is 19.1 Å². The van der Waals surface area contributed by atoms with Gasteiger partial charge < -0.3 is 20.1 Å². The first-order valence-electron chi connectivity index (χ1n) is 7.03. The van der Waals surface area contributed by atoms with Gasteiger partial charge in [0, 0.05) is 11.3 Å². The van der Waals surface area contributed by atoms with Gasteiger partial charge in [-0.1, -0.05) is 18.2 Å². The monoisotopic (exact) mass is 315 g/mol. The summed E-state index contributed by atoms with van der Waals surface area (Å²) in [5, 5.41) is 13.8. The molecule has 120 valence electrons. The number of carbonyl (C=O) groups excluding carboxylic acids is 2. The van der Waals surface area contributed by atoms with E-state index in [9.17, 15) is 9.59 Å². The highest BCUT2D eigenvalue weighted by molar-refractivity contribution is 5.95. The quantitative estimate of drug-likeness (QED) is 0.637. The molecule has 0 fully saturated rings. The Kier molecular flexibility index (Phi) is 5.20. The van der Waals surface area contributed by atoms with E-state index in [2.05, 4.69) is 10.6 Å². The van der Waals surface area contributed by atoms with Gasteiger partial charge in [0.05, 0.1) is 31.2 Å². The number of carbonyl (C=O) groups is 2. The number of allylic oxidation sites excluding steroid dienone is 1. The third-order valence-corrected chi connectivity index (χ3v) is 3.39. The van der Waals surface area contributed by atoms with Crippen molar-refractivity contribution in [3.05, 3.63) is 41.1 Å². The van der Waals surface area contributed by atoms with Crippen LogP contribution < -0.4 is 15.4 Å². The number of urea groups is 1. The van der Waals surface area contributed by atoms with E-state index in [1.165, 1.54) is 7.11 Å². The lowest BCUT2D eigenvalue weighted by Crippen LogP contribution is -2.45. The van der Waals surface area contributed by atoms with E-state index >= 15 is 0 Å². The summed E-state index contributed by atoms with van der Waals surface area (Å²) >= 11 is 0. The largest absolute Gasteiger partial charge is 0.496 e. The summed E-state index contributed by atoms with van der Waals surface area (Å²) < 4.78 is 10.4. The van der Waals surface area contributed by atoms with Crippen LogP contribution in [0.1, 0.15) is 24.9 Å². The Morgan fingerprint density at radius 2 is 2.13 bits per heavy atom.